The van der Waals surface area contributed by atoms with Crippen molar-refractivity contribution in [2.24, 2.45) is 0 Å². The van der Waals surface area contributed by atoms with Gasteiger partial charge in [-0.15, -0.1) is 0 Å². The van der Waals surface area contributed by atoms with Crippen LogP contribution >= 0.6 is 27.9 Å². The molecule has 1 aliphatic rings. The maximum absolute atomic E-state index is 15.1. The second-order valence-corrected chi connectivity index (χ2v) is 10.3. The van der Waals surface area contributed by atoms with Crippen molar-refractivity contribution in [3.05, 3.63) is 64.6 Å². The van der Waals surface area contributed by atoms with Gasteiger partial charge in [0.05, 0.1) is 17.7 Å². The number of benzene rings is 1. The van der Waals surface area contributed by atoms with Gasteiger partial charge < -0.3 is 9.46 Å². The topological polar surface area (TPSA) is 53.5 Å². The van der Waals surface area contributed by atoms with E-state index in [0.29, 0.717) is 23.2 Å². The van der Waals surface area contributed by atoms with Crippen LogP contribution in [0.4, 0.5) is 10.1 Å². The first-order valence-electron chi connectivity index (χ1n) is 11.3. The lowest BCUT2D eigenvalue weighted by Gasteiger charge is -2.36. The molecule has 2 aromatic heterocycles. The standard InChI is InChI=1S/C25H29BrFN5OS/c1-17(2)32-10-8-31(9-11-32)16-18-4-5-21(22(27)12-18)23-14-20(6-7-28-23)30-34-24-13-19(26)15-29-25(24)33-3/h4-7,12-15,17H,8-11,16H2,1-3H3,(H,28,30). The number of pyridine rings is 2. The quantitative estimate of drug-likeness (QED) is 0.364. The third-order valence-corrected chi connectivity index (χ3v) is 7.15. The summed E-state index contributed by atoms with van der Waals surface area (Å²) in [5.41, 5.74) is 2.87. The summed E-state index contributed by atoms with van der Waals surface area (Å²) in [6.07, 6.45) is 3.36. The van der Waals surface area contributed by atoms with Crippen molar-refractivity contribution in [1.82, 2.24) is 19.8 Å². The number of nitrogens with zero attached hydrogens (tertiary/aromatic N) is 4. The van der Waals surface area contributed by atoms with Gasteiger partial charge in [0.15, 0.2) is 0 Å². The number of ether oxygens (including phenoxy) is 1. The third-order valence-electron chi connectivity index (χ3n) is 5.87. The largest absolute Gasteiger partial charge is 0.480 e. The van der Waals surface area contributed by atoms with Crippen molar-refractivity contribution in [1.29, 1.82) is 0 Å². The van der Waals surface area contributed by atoms with Crippen LogP contribution in [-0.2, 0) is 6.54 Å². The minimum atomic E-state index is -0.256. The summed E-state index contributed by atoms with van der Waals surface area (Å²) in [7, 11) is 1.59. The van der Waals surface area contributed by atoms with E-state index in [-0.39, 0.29) is 5.82 Å². The molecule has 0 radical (unpaired) electrons. The van der Waals surface area contributed by atoms with Gasteiger partial charge in [0.1, 0.15) is 5.82 Å². The highest BCUT2D eigenvalue weighted by molar-refractivity contribution is 9.10. The molecule has 180 valence electrons. The zero-order valence-corrected chi connectivity index (χ0v) is 22.0. The van der Waals surface area contributed by atoms with Crippen molar-refractivity contribution in [3.63, 3.8) is 0 Å². The Morgan fingerprint density at radius 3 is 2.62 bits per heavy atom. The lowest BCUT2D eigenvalue weighted by molar-refractivity contribution is 0.104. The fourth-order valence-corrected chi connectivity index (χ4v) is 5.20. The minimum Gasteiger partial charge on any atom is -0.480 e. The number of methoxy groups -OCH3 is 1. The maximum Gasteiger partial charge on any atom is 0.228 e. The molecule has 0 aliphatic carbocycles. The molecule has 1 N–H and O–H groups in total. The van der Waals surface area contributed by atoms with Crippen molar-refractivity contribution in [2.45, 2.75) is 31.3 Å². The smallest absolute Gasteiger partial charge is 0.228 e. The number of aromatic nitrogens is 2. The molecule has 3 aromatic rings. The lowest BCUT2D eigenvalue weighted by Crippen LogP contribution is -2.48. The number of nitrogens with one attached hydrogen (secondary N) is 1. The Morgan fingerprint density at radius 2 is 1.91 bits per heavy atom. The fraction of sp³-hybridized carbons (Fsp3) is 0.360. The predicted molar refractivity (Wildman–Crippen MR) is 140 cm³/mol. The second kappa shape index (κ2) is 11.5. The number of hydrogen-bond donors (Lipinski definition) is 1. The minimum absolute atomic E-state index is 0.256. The summed E-state index contributed by atoms with van der Waals surface area (Å²) in [6, 6.07) is 11.7. The Labute approximate surface area is 213 Å². The number of anilines is 1. The third kappa shape index (κ3) is 6.27. The molecule has 1 fully saturated rings. The number of halogens is 2. The molecule has 6 nitrogen and oxygen atoms in total. The molecule has 1 aliphatic heterocycles. The van der Waals surface area contributed by atoms with Gasteiger partial charge >= 0.3 is 0 Å². The molecule has 3 heterocycles. The van der Waals surface area contributed by atoms with E-state index in [9.17, 15) is 0 Å². The van der Waals surface area contributed by atoms with Gasteiger partial charge in [0.2, 0.25) is 5.88 Å². The highest BCUT2D eigenvalue weighted by atomic mass is 79.9. The number of rotatable bonds is 8. The van der Waals surface area contributed by atoms with Crippen LogP contribution in [0.5, 0.6) is 5.88 Å². The first-order chi connectivity index (χ1) is 16.4. The zero-order chi connectivity index (χ0) is 24.1. The molecule has 1 aromatic carbocycles. The molecular formula is C25H29BrFN5OS. The Hall–Kier alpha value is -2.20. The Bertz CT molecular complexity index is 1120. The second-order valence-electron chi connectivity index (χ2n) is 8.51. The summed E-state index contributed by atoms with van der Waals surface area (Å²) in [6.45, 7) is 9.35. The van der Waals surface area contributed by atoms with Gasteiger partial charge in [-0.05, 0) is 77.6 Å². The van der Waals surface area contributed by atoms with Gasteiger partial charge in [-0.25, -0.2) is 9.37 Å². The molecular weight excluding hydrogens is 517 g/mol. The van der Waals surface area contributed by atoms with Gasteiger partial charge in [-0.1, -0.05) is 6.07 Å². The summed E-state index contributed by atoms with van der Waals surface area (Å²) in [5.74, 6) is 0.274. The van der Waals surface area contributed by atoms with Crippen LogP contribution in [0, 0.1) is 5.82 Å². The monoisotopic (exact) mass is 545 g/mol. The van der Waals surface area contributed by atoms with Crippen LogP contribution in [-0.4, -0.2) is 59.1 Å². The Morgan fingerprint density at radius 1 is 1.12 bits per heavy atom. The molecule has 1 saturated heterocycles. The fourth-order valence-electron chi connectivity index (χ4n) is 3.95. The molecule has 34 heavy (non-hydrogen) atoms. The molecule has 0 saturated carbocycles. The van der Waals surface area contributed by atoms with E-state index in [4.69, 9.17) is 4.74 Å². The first-order valence-corrected chi connectivity index (χ1v) is 12.9. The van der Waals surface area contributed by atoms with E-state index in [0.717, 1.165) is 53.3 Å². The maximum atomic E-state index is 15.1. The summed E-state index contributed by atoms with van der Waals surface area (Å²) >= 11 is 4.80. The molecule has 4 rings (SSSR count). The molecule has 0 atom stereocenters. The van der Waals surface area contributed by atoms with Gasteiger partial charge in [0.25, 0.3) is 0 Å². The van der Waals surface area contributed by atoms with E-state index in [1.54, 1.807) is 25.6 Å². The molecule has 0 unspecified atom stereocenters. The average Bonchev–Trinajstić information content (AvgIpc) is 2.83. The van der Waals surface area contributed by atoms with Crippen LogP contribution in [0.25, 0.3) is 11.3 Å². The summed E-state index contributed by atoms with van der Waals surface area (Å²) in [5, 5.41) is 0. The van der Waals surface area contributed by atoms with Crippen LogP contribution in [0.3, 0.4) is 0 Å². The average molecular weight is 547 g/mol. The Kier molecular flexibility index (Phi) is 8.41. The van der Waals surface area contributed by atoms with Gasteiger partial charge in [-0.3, -0.25) is 14.8 Å². The van der Waals surface area contributed by atoms with E-state index in [1.165, 1.54) is 11.9 Å². The zero-order valence-electron chi connectivity index (χ0n) is 19.6. The van der Waals surface area contributed by atoms with E-state index >= 15 is 4.39 Å². The summed E-state index contributed by atoms with van der Waals surface area (Å²) in [4.78, 5) is 14.3. The van der Waals surface area contributed by atoms with E-state index < -0.39 is 0 Å². The van der Waals surface area contributed by atoms with Crippen molar-refractivity contribution in [2.75, 3.05) is 38.0 Å². The van der Waals surface area contributed by atoms with Crippen LogP contribution in [0.15, 0.2) is 58.2 Å². The summed E-state index contributed by atoms with van der Waals surface area (Å²) < 4.78 is 24.5. The van der Waals surface area contributed by atoms with Crippen molar-refractivity contribution in [3.8, 4) is 17.1 Å². The van der Waals surface area contributed by atoms with Gasteiger partial charge in [0, 0.05) is 66.9 Å². The van der Waals surface area contributed by atoms with Crippen LogP contribution < -0.4 is 9.46 Å². The van der Waals surface area contributed by atoms with E-state index in [1.807, 2.05) is 30.3 Å². The Balaban J connectivity index is 1.42. The predicted octanol–water partition coefficient (Wildman–Crippen LogP) is 5.70. The van der Waals surface area contributed by atoms with Crippen LogP contribution in [0.1, 0.15) is 19.4 Å². The molecule has 9 heteroatoms. The van der Waals surface area contributed by atoms with Crippen molar-refractivity contribution >= 4 is 33.6 Å². The highest BCUT2D eigenvalue weighted by Crippen LogP contribution is 2.32. The molecule has 0 bridgehead atoms. The van der Waals surface area contributed by atoms with E-state index in [2.05, 4.69) is 54.3 Å². The van der Waals surface area contributed by atoms with Crippen LogP contribution in [0.2, 0.25) is 0 Å². The highest BCUT2D eigenvalue weighted by Gasteiger charge is 2.19. The number of hydrogen-bond acceptors (Lipinski definition) is 7. The first kappa shape index (κ1) is 24.9. The molecule has 0 spiro atoms. The lowest BCUT2D eigenvalue weighted by atomic mass is 10.1. The molecule has 0 amide bonds. The van der Waals surface area contributed by atoms with Gasteiger partial charge in [-0.2, -0.15) is 0 Å². The normalized spacial score (nSPS) is 15.0. The van der Waals surface area contributed by atoms with Crippen molar-refractivity contribution < 1.29 is 9.13 Å². The SMILES string of the molecule is COc1ncc(Br)cc1SNc1ccnc(-c2ccc(CN3CCN(C(C)C)CC3)cc2F)c1. The number of piperazine rings is 1.